The molecule has 0 heterocycles. The van der Waals surface area contributed by atoms with Crippen LogP contribution < -0.4 is 10.6 Å². The van der Waals surface area contributed by atoms with Gasteiger partial charge in [0.1, 0.15) is 5.69 Å². The number of rotatable bonds is 6. The zero-order valence-electron chi connectivity index (χ0n) is 16.3. The van der Waals surface area contributed by atoms with Crippen LogP contribution in [0, 0.1) is 10.1 Å². The van der Waals surface area contributed by atoms with Crippen molar-refractivity contribution in [2.45, 2.75) is 38.3 Å². The molecular formula is C21H23N3O5. The van der Waals surface area contributed by atoms with Gasteiger partial charge < -0.3 is 15.4 Å². The van der Waals surface area contributed by atoms with E-state index in [9.17, 15) is 19.7 Å². The number of carbonyl (C=O) groups is 2. The number of ether oxygens (including phenoxy) is 1. The van der Waals surface area contributed by atoms with E-state index in [1.165, 1.54) is 24.6 Å². The first-order chi connectivity index (χ1) is 13.9. The number of aryl methyl sites for hydroxylation is 1. The molecule has 1 aliphatic rings. The number of hydrogen-bond acceptors (Lipinski definition) is 6. The van der Waals surface area contributed by atoms with Crippen LogP contribution in [-0.4, -0.2) is 30.0 Å². The van der Waals surface area contributed by atoms with Crippen LogP contribution in [0.1, 0.15) is 47.3 Å². The fourth-order valence-electron chi connectivity index (χ4n) is 3.50. The topological polar surface area (TPSA) is 111 Å². The number of anilines is 1. The average Bonchev–Trinajstić information content (AvgIpc) is 2.73. The molecular weight excluding hydrogens is 374 g/mol. The highest BCUT2D eigenvalue weighted by Crippen LogP contribution is 2.29. The zero-order chi connectivity index (χ0) is 21.0. The summed E-state index contributed by atoms with van der Waals surface area (Å²) < 4.78 is 5.24. The van der Waals surface area contributed by atoms with E-state index in [0.717, 1.165) is 30.9 Å². The van der Waals surface area contributed by atoms with E-state index in [1.54, 1.807) is 7.05 Å². The van der Waals surface area contributed by atoms with Gasteiger partial charge in [0.05, 0.1) is 16.5 Å². The maximum absolute atomic E-state index is 12.6. The normalized spacial score (nSPS) is 16.3. The van der Waals surface area contributed by atoms with Crippen LogP contribution in [0.4, 0.5) is 11.4 Å². The molecule has 2 aromatic carbocycles. The van der Waals surface area contributed by atoms with Gasteiger partial charge >= 0.3 is 5.97 Å². The summed E-state index contributed by atoms with van der Waals surface area (Å²) in [6.07, 6.45) is 1.74. The number of fused-ring (bicyclic) bond motifs is 1. The Morgan fingerprint density at radius 1 is 1.24 bits per heavy atom. The van der Waals surface area contributed by atoms with Crippen LogP contribution in [0.15, 0.2) is 42.5 Å². The zero-order valence-corrected chi connectivity index (χ0v) is 16.3. The molecule has 152 valence electrons. The number of esters is 1. The van der Waals surface area contributed by atoms with Gasteiger partial charge in [0.2, 0.25) is 0 Å². The highest BCUT2D eigenvalue weighted by atomic mass is 16.6. The Kier molecular flexibility index (Phi) is 6.11. The van der Waals surface area contributed by atoms with Crippen molar-refractivity contribution in [2.75, 3.05) is 12.4 Å². The summed E-state index contributed by atoms with van der Waals surface area (Å²) in [4.78, 5) is 35.5. The highest BCUT2D eigenvalue weighted by molar-refractivity contribution is 5.93. The summed E-state index contributed by atoms with van der Waals surface area (Å²) in [5, 5.41) is 16.8. The molecule has 29 heavy (non-hydrogen) atoms. The summed E-state index contributed by atoms with van der Waals surface area (Å²) >= 11 is 0. The number of amides is 1. The minimum Gasteiger partial charge on any atom is -0.449 e. The van der Waals surface area contributed by atoms with E-state index in [1.807, 2.05) is 18.2 Å². The van der Waals surface area contributed by atoms with Crippen LogP contribution in [0.2, 0.25) is 0 Å². The first-order valence-corrected chi connectivity index (χ1v) is 9.46. The van der Waals surface area contributed by atoms with E-state index < -0.39 is 22.9 Å². The molecule has 2 N–H and O–H groups in total. The molecule has 8 heteroatoms. The molecule has 1 aliphatic carbocycles. The third-order valence-electron chi connectivity index (χ3n) is 5.04. The lowest BCUT2D eigenvalue weighted by Crippen LogP contribution is -2.39. The molecule has 0 radical (unpaired) electrons. The Labute approximate surface area is 168 Å². The van der Waals surface area contributed by atoms with Crippen LogP contribution >= 0.6 is 0 Å². The average molecular weight is 397 g/mol. The summed E-state index contributed by atoms with van der Waals surface area (Å²) in [6, 6.07) is 11.8. The Morgan fingerprint density at radius 2 is 2.00 bits per heavy atom. The number of carbonyl (C=O) groups excluding carboxylic acids is 2. The van der Waals surface area contributed by atoms with Crippen molar-refractivity contribution in [1.82, 2.24) is 5.32 Å². The van der Waals surface area contributed by atoms with Gasteiger partial charge in [0.25, 0.3) is 11.6 Å². The van der Waals surface area contributed by atoms with Crippen molar-refractivity contribution >= 4 is 23.3 Å². The molecule has 0 aromatic heterocycles. The third kappa shape index (κ3) is 4.53. The molecule has 3 rings (SSSR count). The van der Waals surface area contributed by atoms with Crippen molar-refractivity contribution in [2.24, 2.45) is 0 Å². The van der Waals surface area contributed by atoms with E-state index in [4.69, 9.17) is 4.74 Å². The first kappa shape index (κ1) is 20.3. The highest BCUT2D eigenvalue weighted by Gasteiger charge is 2.26. The molecule has 0 unspecified atom stereocenters. The molecule has 0 spiro atoms. The molecule has 0 aliphatic heterocycles. The number of nitro groups is 1. The lowest BCUT2D eigenvalue weighted by molar-refractivity contribution is -0.384. The molecule has 0 bridgehead atoms. The molecule has 0 saturated carbocycles. The number of nitrogens with one attached hydrogen (secondary N) is 2. The van der Waals surface area contributed by atoms with E-state index in [2.05, 4.69) is 16.7 Å². The van der Waals surface area contributed by atoms with Gasteiger partial charge in [-0.2, -0.15) is 0 Å². The first-order valence-electron chi connectivity index (χ1n) is 9.46. The second kappa shape index (κ2) is 8.72. The fourth-order valence-corrected chi connectivity index (χ4v) is 3.50. The SMILES string of the molecule is CNc1ccc(C(=O)O[C@H](C)C(=O)N[C@@H]2CCCc3ccccc32)cc1[N+](=O)[O-]. The maximum atomic E-state index is 12.6. The van der Waals surface area contributed by atoms with Crippen molar-refractivity contribution in [3.8, 4) is 0 Å². The predicted octanol–water partition coefficient (Wildman–Crippen LogP) is 3.38. The van der Waals surface area contributed by atoms with E-state index in [-0.39, 0.29) is 23.0 Å². The van der Waals surface area contributed by atoms with E-state index >= 15 is 0 Å². The lowest BCUT2D eigenvalue weighted by Gasteiger charge is -2.27. The van der Waals surface area contributed by atoms with Crippen LogP contribution in [-0.2, 0) is 16.0 Å². The van der Waals surface area contributed by atoms with Crippen molar-refractivity contribution < 1.29 is 19.2 Å². The van der Waals surface area contributed by atoms with E-state index in [0.29, 0.717) is 0 Å². The summed E-state index contributed by atoms with van der Waals surface area (Å²) in [5.74, 6) is -1.19. The van der Waals surface area contributed by atoms with Gasteiger partial charge in [0.15, 0.2) is 6.10 Å². The number of nitrogens with zero attached hydrogens (tertiary/aromatic N) is 1. The second-order valence-corrected chi connectivity index (χ2v) is 6.94. The molecule has 8 nitrogen and oxygen atoms in total. The quantitative estimate of drug-likeness (QED) is 0.439. The molecule has 2 atom stereocenters. The molecule has 0 saturated heterocycles. The molecule has 2 aromatic rings. The minimum atomic E-state index is -1.03. The van der Waals surface area contributed by atoms with Crippen molar-refractivity contribution in [3.05, 3.63) is 69.3 Å². The number of nitro benzene ring substituents is 1. The Balaban J connectivity index is 1.67. The Morgan fingerprint density at radius 3 is 2.72 bits per heavy atom. The third-order valence-corrected chi connectivity index (χ3v) is 5.04. The van der Waals surface area contributed by atoms with Crippen LogP contribution in [0.5, 0.6) is 0 Å². The number of benzene rings is 2. The molecule has 0 fully saturated rings. The molecule has 1 amide bonds. The second-order valence-electron chi connectivity index (χ2n) is 6.94. The van der Waals surface area contributed by atoms with Crippen LogP contribution in [0.3, 0.4) is 0 Å². The van der Waals surface area contributed by atoms with Crippen molar-refractivity contribution in [1.29, 1.82) is 0 Å². The van der Waals surface area contributed by atoms with Gasteiger partial charge in [0, 0.05) is 13.1 Å². The predicted molar refractivity (Wildman–Crippen MR) is 108 cm³/mol. The van der Waals surface area contributed by atoms with Gasteiger partial charge in [-0.3, -0.25) is 14.9 Å². The fraction of sp³-hybridized carbons (Fsp3) is 0.333. The maximum Gasteiger partial charge on any atom is 0.339 e. The van der Waals surface area contributed by atoms with Gasteiger partial charge in [-0.05, 0) is 49.4 Å². The van der Waals surface area contributed by atoms with Gasteiger partial charge in [-0.25, -0.2) is 4.79 Å². The van der Waals surface area contributed by atoms with Crippen molar-refractivity contribution in [3.63, 3.8) is 0 Å². The monoisotopic (exact) mass is 397 g/mol. The van der Waals surface area contributed by atoms with Gasteiger partial charge in [-0.1, -0.05) is 24.3 Å². The summed E-state index contributed by atoms with van der Waals surface area (Å²) in [7, 11) is 1.55. The summed E-state index contributed by atoms with van der Waals surface area (Å²) in [6.45, 7) is 1.48. The minimum absolute atomic E-state index is 0.0124. The van der Waals surface area contributed by atoms with Crippen LogP contribution in [0.25, 0.3) is 0 Å². The Bertz CT molecular complexity index is 944. The standard InChI is InChI=1S/C21H23N3O5/c1-13(20(25)23-17-9-5-7-14-6-3-4-8-16(14)17)29-21(26)15-10-11-18(22-2)19(12-15)24(27)28/h3-4,6,8,10-13,17,22H,5,7,9H2,1-2H3,(H,23,25)/t13-,17-/m1/s1. The van der Waals surface area contributed by atoms with Gasteiger partial charge in [-0.15, -0.1) is 0 Å². The summed E-state index contributed by atoms with van der Waals surface area (Å²) in [5.41, 5.74) is 2.36. The lowest BCUT2D eigenvalue weighted by atomic mass is 9.87. The Hall–Kier alpha value is -3.42. The smallest absolute Gasteiger partial charge is 0.339 e. The number of hydrogen-bond donors (Lipinski definition) is 2. The largest absolute Gasteiger partial charge is 0.449 e.